The Labute approximate surface area is 168 Å². The Morgan fingerprint density at radius 2 is 1.89 bits per heavy atom. The van der Waals surface area contributed by atoms with E-state index in [4.69, 9.17) is 0 Å². The van der Waals surface area contributed by atoms with E-state index in [1.165, 1.54) is 63.4 Å². The van der Waals surface area contributed by atoms with Gasteiger partial charge in [0.25, 0.3) is 0 Å². The Kier molecular flexibility index (Phi) is 13.7. The van der Waals surface area contributed by atoms with Crippen LogP contribution in [0, 0.1) is 11.8 Å². The van der Waals surface area contributed by atoms with E-state index in [0.717, 1.165) is 31.1 Å². The Morgan fingerprint density at radius 1 is 1.07 bits per heavy atom. The van der Waals surface area contributed by atoms with Gasteiger partial charge in [-0.2, -0.15) is 0 Å². The Hall–Kier alpha value is -1.37. The van der Waals surface area contributed by atoms with Crippen molar-refractivity contribution in [3.05, 3.63) is 48.1 Å². The van der Waals surface area contributed by atoms with Crippen molar-refractivity contribution in [2.24, 2.45) is 11.8 Å². The van der Waals surface area contributed by atoms with Crippen LogP contribution < -0.4 is 0 Å². The van der Waals surface area contributed by atoms with Crippen LogP contribution in [0.25, 0.3) is 0 Å². The second-order valence-corrected chi connectivity index (χ2v) is 7.74. The van der Waals surface area contributed by atoms with Crippen molar-refractivity contribution in [2.45, 2.75) is 97.8 Å². The minimum atomic E-state index is 0.310. The van der Waals surface area contributed by atoms with Crippen molar-refractivity contribution in [3.63, 3.8) is 0 Å². The third kappa shape index (κ3) is 11.2. The molecule has 0 amide bonds. The van der Waals surface area contributed by atoms with Gasteiger partial charge < -0.3 is 4.79 Å². The maximum absolute atomic E-state index is 10.9. The van der Waals surface area contributed by atoms with Crippen molar-refractivity contribution < 1.29 is 4.79 Å². The number of ketones is 1. The first kappa shape index (κ1) is 23.7. The van der Waals surface area contributed by atoms with E-state index >= 15 is 0 Å². The summed E-state index contributed by atoms with van der Waals surface area (Å²) in [6, 6.07) is 0. The van der Waals surface area contributed by atoms with Crippen molar-refractivity contribution >= 4 is 5.78 Å². The van der Waals surface area contributed by atoms with Crippen LogP contribution in [0.5, 0.6) is 0 Å². The van der Waals surface area contributed by atoms with Gasteiger partial charge in [-0.05, 0) is 83.0 Å². The number of carbonyl (C=O) groups excluding carboxylic acids is 1. The molecular formula is C26H42O. The highest BCUT2D eigenvalue weighted by atomic mass is 16.1. The zero-order valence-corrected chi connectivity index (χ0v) is 18.1. The summed E-state index contributed by atoms with van der Waals surface area (Å²) in [6.45, 7) is 5.68. The lowest BCUT2D eigenvalue weighted by atomic mass is 9.91. The normalized spacial score (nSPS) is 22.1. The Balaban J connectivity index is 0.00000176. The van der Waals surface area contributed by atoms with Gasteiger partial charge in [-0.25, -0.2) is 0 Å². The summed E-state index contributed by atoms with van der Waals surface area (Å²) in [7, 11) is 0. The van der Waals surface area contributed by atoms with E-state index < -0.39 is 0 Å². The van der Waals surface area contributed by atoms with Gasteiger partial charge in [0.05, 0.1) is 0 Å². The topological polar surface area (TPSA) is 17.1 Å². The SMILES string of the molecule is CC.CC(=O)CCC/C=C\C[C@H]1CCCC1/C=C/CCCC1=CCCC=C1. The van der Waals surface area contributed by atoms with E-state index in [-0.39, 0.29) is 0 Å². The molecule has 0 saturated heterocycles. The predicted octanol–water partition coefficient (Wildman–Crippen LogP) is 8.14. The standard InChI is InChI=1S/C24H36O.C2H6/c1-21(25)13-6-2-3-10-17-23-19-12-20-24(23)18-11-5-9-16-22-14-7-4-8-15-22;1-2/h3,7,10-11,14-15,18,23-24H,2,4-6,8-9,12-13,16-17,19-20H2,1H3;1-2H3/b10-3-,18-11+;/t23-,24?;/m0./s1. The van der Waals surface area contributed by atoms with Crippen LogP contribution in [0.15, 0.2) is 48.1 Å². The van der Waals surface area contributed by atoms with Gasteiger partial charge in [-0.15, -0.1) is 0 Å². The van der Waals surface area contributed by atoms with E-state index in [1.807, 2.05) is 13.8 Å². The molecule has 0 spiro atoms. The van der Waals surface area contributed by atoms with Crippen molar-refractivity contribution in [3.8, 4) is 0 Å². The molecule has 2 rings (SSSR count). The summed E-state index contributed by atoms with van der Waals surface area (Å²) in [6.07, 6.45) is 30.9. The van der Waals surface area contributed by atoms with E-state index in [1.54, 1.807) is 6.92 Å². The third-order valence-electron chi connectivity index (χ3n) is 5.51. The van der Waals surface area contributed by atoms with E-state index in [2.05, 4.69) is 42.5 Å². The molecule has 0 aromatic rings. The second-order valence-electron chi connectivity index (χ2n) is 7.74. The molecule has 152 valence electrons. The van der Waals surface area contributed by atoms with Crippen LogP contribution in [0.1, 0.15) is 97.8 Å². The van der Waals surface area contributed by atoms with Gasteiger partial charge in [-0.3, -0.25) is 0 Å². The zero-order valence-electron chi connectivity index (χ0n) is 18.1. The van der Waals surface area contributed by atoms with Crippen molar-refractivity contribution in [2.75, 3.05) is 0 Å². The minimum Gasteiger partial charge on any atom is -0.300 e. The molecule has 0 N–H and O–H groups in total. The first-order chi connectivity index (χ1) is 13.3. The summed E-state index contributed by atoms with van der Waals surface area (Å²) >= 11 is 0. The summed E-state index contributed by atoms with van der Waals surface area (Å²) < 4.78 is 0. The number of rotatable bonds is 11. The third-order valence-corrected chi connectivity index (χ3v) is 5.51. The van der Waals surface area contributed by atoms with Gasteiger partial charge in [-0.1, -0.05) is 68.4 Å². The predicted molar refractivity (Wildman–Crippen MR) is 120 cm³/mol. The molecule has 0 aromatic heterocycles. The van der Waals surface area contributed by atoms with E-state index in [9.17, 15) is 4.79 Å². The molecule has 0 heterocycles. The first-order valence-electron chi connectivity index (χ1n) is 11.4. The Bertz CT molecular complexity index is 506. The summed E-state index contributed by atoms with van der Waals surface area (Å²) in [5.41, 5.74) is 1.54. The average Bonchev–Trinajstić information content (AvgIpc) is 3.14. The molecule has 1 nitrogen and oxygen atoms in total. The number of allylic oxidation sites excluding steroid dienone is 8. The lowest BCUT2D eigenvalue weighted by Gasteiger charge is -2.14. The fraction of sp³-hybridized carbons (Fsp3) is 0.654. The number of hydrogen-bond acceptors (Lipinski definition) is 1. The highest BCUT2D eigenvalue weighted by molar-refractivity contribution is 5.75. The quantitative estimate of drug-likeness (QED) is 0.265. The van der Waals surface area contributed by atoms with Gasteiger partial charge in [0.15, 0.2) is 0 Å². The Morgan fingerprint density at radius 3 is 2.63 bits per heavy atom. The molecule has 27 heavy (non-hydrogen) atoms. The van der Waals surface area contributed by atoms with Gasteiger partial charge in [0, 0.05) is 6.42 Å². The smallest absolute Gasteiger partial charge is 0.129 e. The maximum Gasteiger partial charge on any atom is 0.129 e. The number of hydrogen-bond donors (Lipinski definition) is 0. The summed E-state index contributed by atoms with van der Waals surface area (Å²) in [5.74, 6) is 1.94. The molecule has 1 unspecified atom stereocenters. The number of Topliss-reactive ketones (excluding diaryl/α,β-unsaturated/α-hetero) is 1. The van der Waals surface area contributed by atoms with Crippen molar-refractivity contribution in [1.82, 2.24) is 0 Å². The minimum absolute atomic E-state index is 0.310. The molecule has 0 aromatic carbocycles. The molecule has 0 radical (unpaired) electrons. The van der Waals surface area contributed by atoms with Crippen LogP contribution in [-0.2, 0) is 4.79 Å². The molecule has 2 atom stereocenters. The second kappa shape index (κ2) is 15.7. The molecule has 0 bridgehead atoms. The molecule has 2 aliphatic carbocycles. The summed E-state index contributed by atoms with van der Waals surface area (Å²) in [5, 5.41) is 0. The lowest BCUT2D eigenvalue weighted by Crippen LogP contribution is -2.03. The molecule has 2 aliphatic rings. The highest BCUT2D eigenvalue weighted by Gasteiger charge is 2.23. The fourth-order valence-corrected chi connectivity index (χ4v) is 4.02. The van der Waals surface area contributed by atoms with Crippen LogP contribution in [-0.4, -0.2) is 5.78 Å². The van der Waals surface area contributed by atoms with Gasteiger partial charge in [0.1, 0.15) is 5.78 Å². The molecular weight excluding hydrogens is 328 g/mol. The van der Waals surface area contributed by atoms with Crippen LogP contribution in [0.4, 0.5) is 0 Å². The number of carbonyl (C=O) groups is 1. The zero-order chi connectivity index (χ0) is 19.7. The monoisotopic (exact) mass is 370 g/mol. The molecule has 0 aliphatic heterocycles. The lowest BCUT2D eigenvalue weighted by molar-refractivity contribution is -0.117. The molecule has 1 fully saturated rings. The first-order valence-corrected chi connectivity index (χ1v) is 11.4. The van der Waals surface area contributed by atoms with Crippen LogP contribution in [0.3, 0.4) is 0 Å². The average molecular weight is 371 g/mol. The van der Waals surface area contributed by atoms with E-state index in [0.29, 0.717) is 5.78 Å². The van der Waals surface area contributed by atoms with Gasteiger partial charge >= 0.3 is 0 Å². The van der Waals surface area contributed by atoms with Crippen LogP contribution in [0.2, 0.25) is 0 Å². The van der Waals surface area contributed by atoms with Crippen molar-refractivity contribution in [1.29, 1.82) is 0 Å². The maximum atomic E-state index is 10.9. The fourth-order valence-electron chi connectivity index (χ4n) is 4.02. The molecule has 1 saturated carbocycles. The van der Waals surface area contributed by atoms with Gasteiger partial charge in [0.2, 0.25) is 0 Å². The highest BCUT2D eigenvalue weighted by Crippen LogP contribution is 2.35. The molecule has 1 heteroatoms. The summed E-state index contributed by atoms with van der Waals surface area (Å²) in [4.78, 5) is 10.9. The number of unbranched alkanes of at least 4 members (excludes halogenated alkanes) is 2. The largest absolute Gasteiger partial charge is 0.300 e. The van der Waals surface area contributed by atoms with Crippen LogP contribution >= 0.6 is 0 Å².